The Hall–Kier alpha value is -1.56. The van der Waals surface area contributed by atoms with Gasteiger partial charge in [0, 0.05) is 0 Å². The molecule has 0 aromatic heterocycles. The summed E-state index contributed by atoms with van der Waals surface area (Å²) < 4.78 is 0. The molecule has 0 aliphatic heterocycles. The fraction of sp³-hybridized carbons (Fsp3) is 0.0769. The first-order valence-electron chi connectivity index (χ1n) is 3.99. The number of hydrogen-bond donors (Lipinski definition) is 0. The zero-order valence-corrected chi connectivity index (χ0v) is 8.58. The molecule has 1 aromatic rings. The van der Waals surface area contributed by atoms with Crippen molar-refractivity contribution in [1.29, 1.82) is 0 Å². The smallest absolute Gasteiger partial charge is 0.0473 e. The largest absolute Gasteiger partial charge is 0.106 e. The van der Waals surface area contributed by atoms with Crippen molar-refractivity contribution in [1.82, 2.24) is 0 Å². The van der Waals surface area contributed by atoms with Crippen molar-refractivity contribution in [3.8, 4) is 0 Å². The third-order valence-electron chi connectivity index (χ3n) is 0.667. The second-order valence-electron chi connectivity index (χ2n) is 1.56. The summed E-state index contributed by atoms with van der Waals surface area (Å²) in [5, 5.41) is 0. The Labute approximate surface area is 82.9 Å². The van der Waals surface area contributed by atoms with Crippen molar-refractivity contribution in [2.45, 2.75) is 6.92 Å². The molecule has 0 heteroatoms. The maximum Gasteiger partial charge on any atom is -0.0473 e. The summed E-state index contributed by atoms with van der Waals surface area (Å²) in [5.41, 5.74) is 0. The van der Waals surface area contributed by atoms with Crippen molar-refractivity contribution < 1.29 is 0 Å². The van der Waals surface area contributed by atoms with Crippen LogP contribution in [0.1, 0.15) is 6.92 Å². The fourth-order valence-electron chi connectivity index (χ4n) is 0.385. The molecule has 13 heavy (non-hydrogen) atoms. The topological polar surface area (TPSA) is 0 Å². The highest BCUT2D eigenvalue weighted by molar-refractivity contribution is 4.99. The predicted molar refractivity (Wildman–Crippen MR) is 64.8 cm³/mol. The molecular weight excluding hydrogens is 156 g/mol. The summed E-state index contributed by atoms with van der Waals surface area (Å²) in [6, 6.07) is 12.0. The first-order valence-corrected chi connectivity index (χ1v) is 3.99. The first-order chi connectivity index (χ1) is 6.41. The molecule has 0 spiro atoms. The van der Waals surface area contributed by atoms with Crippen LogP contribution in [-0.4, -0.2) is 0 Å². The normalized spacial score (nSPS) is 5.31. The van der Waals surface area contributed by atoms with Crippen LogP contribution in [0.3, 0.4) is 0 Å². The van der Waals surface area contributed by atoms with Crippen LogP contribution in [0.25, 0.3) is 0 Å². The molecule has 0 bridgehead atoms. The van der Waals surface area contributed by atoms with E-state index in [9.17, 15) is 0 Å². The molecule has 0 amide bonds. The Kier molecular flexibility index (Phi) is 42.3. The van der Waals surface area contributed by atoms with E-state index in [1.165, 1.54) is 0 Å². The lowest BCUT2D eigenvalue weighted by atomic mass is 10.4. The number of hydrogen-bond acceptors (Lipinski definition) is 0. The predicted octanol–water partition coefficient (Wildman–Crippen LogP) is 4.48. The van der Waals surface area contributed by atoms with Gasteiger partial charge in [-0.05, 0) is 6.92 Å². The number of benzene rings is 1. The van der Waals surface area contributed by atoms with Crippen molar-refractivity contribution in [3.05, 3.63) is 75.4 Å². The van der Waals surface area contributed by atoms with E-state index in [0.717, 1.165) is 0 Å². The molecule has 0 aliphatic carbocycles. The molecular formula is C13H20. The third-order valence-corrected chi connectivity index (χ3v) is 0.667. The van der Waals surface area contributed by atoms with Crippen LogP contribution in [0, 0.1) is 0 Å². The summed E-state index contributed by atoms with van der Waals surface area (Å²) in [6.45, 7) is 17.2. The maximum absolute atomic E-state index is 3.36. The van der Waals surface area contributed by atoms with Crippen molar-refractivity contribution in [3.63, 3.8) is 0 Å². The molecule has 1 aromatic carbocycles. The van der Waals surface area contributed by atoms with Gasteiger partial charge in [0.15, 0.2) is 0 Å². The molecule has 1 rings (SSSR count). The van der Waals surface area contributed by atoms with Crippen LogP contribution < -0.4 is 0 Å². The van der Waals surface area contributed by atoms with Gasteiger partial charge in [0.1, 0.15) is 0 Å². The van der Waals surface area contributed by atoms with Crippen molar-refractivity contribution in [2.75, 3.05) is 0 Å². The second kappa shape index (κ2) is 31.4. The lowest BCUT2D eigenvalue weighted by Crippen LogP contribution is -1.47. The molecule has 0 aliphatic rings. The van der Waals surface area contributed by atoms with E-state index in [2.05, 4.69) is 32.9 Å². The minimum absolute atomic E-state index is 1.75. The highest BCUT2D eigenvalue weighted by Crippen LogP contribution is 1.79. The van der Waals surface area contributed by atoms with Gasteiger partial charge in [-0.1, -0.05) is 42.5 Å². The Morgan fingerprint density at radius 2 is 0.769 bits per heavy atom. The summed E-state index contributed by atoms with van der Waals surface area (Å²) in [7, 11) is 0. The van der Waals surface area contributed by atoms with Crippen LogP contribution in [0.5, 0.6) is 0 Å². The molecule has 0 nitrogen and oxygen atoms in total. The molecule has 0 radical (unpaired) electrons. The van der Waals surface area contributed by atoms with Gasteiger partial charge in [0.25, 0.3) is 0 Å². The molecule has 0 atom stereocenters. The van der Waals surface area contributed by atoms with Crippen LogP contribution in [0.15, 0.2) is 75.4 Å². The van der Waals surface area contributed by atoms with Gasteiger partial charge in [-0.3, -0.25) is 0 Å². The average molecular weight is 176 g/mol. The van der Waals surface area contributed by atoms with Gasteiger partial charge in [-0.15, -0.1) is 32.9 Å². The molecule has 0 heterocycles. The van der Waals surface area contributed by atoms with Gasteiger partial charge in [0.2, 0.25) is 0 Å². The molecule has 0 N–H and O–H groups in total. The van der Waals surface area contributed by atoms with Crippen LogP contribution in [0.4, 0.5) is 0 Å². The fourth-order valence-corrected chi connectivity index (χ4v) is 0.385. The molecule has 0 fully saturated rings. The van der Waals surface area contributed by atoms with Crippen LogP contribution in [-0.2, 0) is 0 Å². The highest BCUT2D eigenvalue weighted by Gasteiger charge is 1.57. The highest BCUT2D eigenvalue weighted by atomic mass is 13.6. The monoisotopic (exact) mass is 176 g/mol. The van der Waals surface area contributed by atoms with E-state index in [0.29, 0.717) is 0 Å². The van der Waals surface area contributed by atoms with E-state index in [1.807, 2.05) is 43.3 Å². The number of allylic oxidation sites excluding steroid dienone is 1. The zero-order chi connectivity index (χ0) is 10.9. The molecule has 72 valence electrons. The minimum atomic E-state index is 1.75. The van der Waals surface area contributed by atoms with Gasteiger partial charge in [-0.2, -0.15) is 0 Å². The van der Waals surface area contributed by atoms with Crippen molar-refractivity contribution in [2.24, 2.45) is 0 Å². The second-order valence-corrected chi connectivity index (χ2v) is 1.56. The van der Waals surface area contributed by atoms with E-state index in [4.69, 9.17) is 0 Å². The van der Waals surface area contributed by atoms with Crippen LogP contribution in [0.2, 0.25) is 0 Å². The average Bonchev–Trinajstić information content (AvgIpc) is 2.27. The van der Waals surface area contributed by atoms with E-state index >= 15 is 0 Å². The van der Waals surface area contributed by atoms with Crippen LogP contribution >= 0.6 is 0 Å². The summed E-state index contributed by atoms with van der Waals surface area (Å²) in [6.07, 6.45) is 1.75. The SMILES string of the molecule is C=C.C=C.C=CC.c1ccccc1. The number of rotatable bonds is 0. The lowest BCUT2D eigenvalue weighted by Gasteiger charge is -1.69. The Morgan fingerprint density at radius 1 is 0.692 bits per heavy atom. The van der Waals surface area contributed by atoms with E-state index in [-0.39, 0.29) is 0 Å². The Balaban J connectivity index is -0.000000124. The zero-order valence-electron chi connectivity index (χ0n) is 8.58. The maximum atomic E-state index is 3.36. The summed E-state index contributed by atoms with van der Waals surface area (Å²) >= 11 is 0. The minimum Gasteiger partial charge on any atom is -0.106 e. The third kappa shape index (κ3) is 37.7. The Bertz CT molecular complexity index is 124. The summed E-state index contributed by atoms with van der Waals surface area (Å²) in [5.74, 6) is 0. The van der Waals surface area contributed by atoms with E-state index in [1.54, 1.807) is 6.08 Å². The van der Waals surface area contributed by atoms with Crippen molar-refractivity contribution >= 4 is 0 Å². The quantitative estimate of drug-likeness (QED) is 0.511. The Morgan fingerprint density at radius 3 is 0.846 bits per heavy atom. The van der Waals surface area contributed by atoms with Gasteiger partial charge < -0.3 is 0 Å². The van der Waals surface area contributed by atoms with Gasteiger partial charge >= 0.3 is 0 Å². The molecule has 0 saturated heterocycles. The van der Waals surface area contributed by atoms with Gasteiger partial charge in [0.05, 0.1) is 0 Å². The lowest BCUT2D eigenvalue weighted by molar-refractivity contribution is 1.72. The van der Waals surface area contributed by atoms with E-state index < -0.39 is 0 Å². The molecule has 0 saturated carbocycles. The molecule has 0 unspecified atom stereocenters. The summed E-state index contributed by atoms with van der Waals surface area (Å²) in [4.78, 5) is 0. The standard InChI is InChI=1S/C6H6.C3H6.2C2H4/c1-2-4-6-5-3-1;1-3-2;2*1-2/h1-6H;3H,1H2,2H3;2*1-2H2. The van der Waals surface area contributed by atoms with Gasteiger partial charge in [-0.25, -0.2) is 0 Å². The first kappa shape index (κ1) is 17.5.